The van der Waals surface area contributed by atoms with Crippen molar-refractivity contribution in [2.45, 2.75) is 33.0 Å². The highest BCUT2D eigenvalue weighted by Gasteiger charge is 2.27. The van der Waals surface area contributed by atoms with E-state index >= 15 is 0 Å². The minimum absolute atomic E-state index is 0.162. The second kappa shape index (κ2) is 7.88. The number of aromatic amines is 1. The van der Waals surface area contributed by atoms with Crippen molar-refractivity contribution in [2.75, 3.05) is 0 Å². The normalized spacial score (nSPS) is 12.0. The largest absolute Gasteiger partial charge is 0.332 e. The van der Waals surface area contributed by atoms with E-state index in [2.05, 4.69) is 20.2 Å². The molecular formula is C19H22N6O. The number of hydrogen-bond acceptors (Lipinski definition) is 5. The first-order valence-corrected chi connectivity index (χ1v) is 8.40. The van der Waals surface area contributed by atoms with Gasteiger partial charge in [0.05, 0.1) is 5.69 Å². The van der Waals surface area contributed by atoms with Gasteiger partial charge in [0.25, 0.3) is 0 Å². The fourth-order valence-corrected chi connectivity index (χ4v) is 2.97. The first-order chi connectivity index (χ1) is 12.6. The lowest BCUT2D eigenvalue weighted by Gasteiger charge is -2.26. The summed E-state index contributed by atoms with van der Waals surface area (Å²) in [5.74, 6) is -0.162. The number of hydrogen-bond donors (Lipinski definition) is 2. The van der Waals surface area contributed by atoms with E-state index in [1.807, 2.05) is 38.1 Å². The SMILES string of the molecule is Cc1n[nH]c(C)c1C(N)C(=O)N(Cc1cccnc1)Cc1cccnc1. The van der Waals surface area contributed by atoms with Gasteiger partial charge >= 0.3 is 0 Å². The summed E-state index contributed by atoms with van der Waals surface area (Å²) >= 11 is 0. The number of pyridine rings is 2. The Morgan fingerprint density at radius 2 is 1.69 bits per heavy atom. The summed E-state index contributed by atoms with van der Waals surface area (Å²) in [4.78, 5) is 23.2. The lowest BCUT2D eigenvalue weighted by Crippen LogP contribution is -2.38. The van der Waals surface area contributed by atoms with Gasteiger partial charge in [0.2, 0.25) is 5.91 Å². The van der Waals surface area contributed by atoms with E-state index < -0.39 is 6.04 Å². The highest BCUT2D eigenvalue weighted by molar-refractivity contribution is 5.83. The molecule has 26 heavy (non-hydrogen) atoms. The fourth-order valence-electron chi connectivity index (χ4n) is 2.97. The summed E-state index contributed by atoms with van der Waals surface area (Å²) < 4.78 is 0. The standard InChI is InChI=1S/C19H22N6O/c1-13-17(14(2)24-23-13)18(20)19(26)25(11-15-5-3-7-21-9-15)12-16-6-4-8-22-10-16/h3-10,18H,11-12,20H2,1-2H3,(H,23,24). The van der Waals surface area contributed by atoms with Crippen molar-refractivity contribution in [1.29, 1.82) is 0 Å². The predicted molar refractivity (Wildman–Crippen MR) is 97.7 cm³/mol. The predicted octanol–water partition coefficient (Wildman–Crippen LogP) is 2.05. The highest BCUT2D eigenvalue weighted by atomic mass is 16.2. The monoisotopic (exact) mass is 350 g/mol. The molecule has 0 saturated carbocycles. The number of aryl methyl sites for hydroxylation is 2. The first-order valence-electron chi connectivity index (χ1n) is 8.40. The van der Waals surface area contributed by atoms with Crippen LogP contribution in [0.3, 0.4) is 0 Å². The van der Waals surface area contributed by atoms with Crippen molar-refractivity contribution in [3.05, 3.63) is 77.1 Å². The Kier molecular flexibility index (Phi) is 5.38. The number of carbonyl (C=O) groups is 1. The van der Waals surface area contributed by atoms with Crippen LogP contribution >= 0.6 is 0 Å². The van der Waals surface area contributed by atoms with Crippen LogP contribution in [0.4, 0.5) is 0 Å². The molecular weight excluding hydrogens is 328 g/mol. The molecule has 0 radical (unpaired) electrons. The van der Waals surface area contributed by atoms with Crippen molar-refractivity contribution in [2.24, 2.45) is 5.73 Å². The zero-order chi connectivity index (χ0) is 18.5. The second-order valence-electron chi connectivity index (χ2n) is 6.24. The van der Waals surface area contributed by atoms with Crippen molar-refractivity contribution in [3.63, 3.8) is 0 Å². The van der Waals surface area contributed by atoms with Gasteiger partial charge in [0.1, 0.15) is 6.04 Å². The molecule has 0 saturated heterocycles. The number of nitrogens with zero attached hydrogens (tertiary/aromatic N) is 4. The average Bonchev–Trinajstić information content (AvgIpc) is 3.00. The van der Waals surface area contributed by atoms with Gasteiger partial charge in [-0.2, -0.15) is 5.10 Å². The Labute approximate surface area is 152 Å². The molecule has 0 bridgehead atoms. The molecule has 1 unspecified atom stereocenters. The molecule has 3 aromatic rings. The molecule has 3 aromatic heterocycles. The number of rotatable bonds is 6. The van der Waals surface area contributed by atoms with Gasteiger partial charge in [-0.05, 0) is 37.1 Å². The molecule has 0 fully saturated rings. The Balaban J connectivity index is 1.87. The molecule has 0 aliphatic carbocycles. The van der Waals surface area contributed by atoms with Crippen LogP contribution in [-0.2, 0) is 17.9 Å². The minimum atomic E-state index is -0.776. The number of carbonyl (C=O) groups excluding carboxylic acids is 1. The van der Waals surface area contributed by atoms with Crippen molar-refractivity contribution < 1.29 is 4.79 Å². The average molecular weight is 350 g/mol. The zero-order valence-corrected chi connectivity index (χ0v) is 14.9. The maximum Gasteiger partial charge on any atom is 0.244 e. The van der Waals surface area contributed by atoms with Gasteiger partial charge < -0.3 is 10.6 Å². The smallest absolute Gasteiger partial charge is 0.244 e. The van der Waals surface area contributed by atoms with E-state index in [-0.39, 0.29) is 5.91 Å². The van der Waals surface area contributed by atoms with E-state index in [4.69, 9.17) is 5.73 Å². The van der Waals surface area contributed by atoms with E-state index in [0.29, 0.717) is 13.1 Å². The van der Waals surface area contributed by atoms with Crippen LogP contribution in [0.1, 0.15) is 34.1 Å². The summed E-state index contributed by atoms with van der Waals surface area (Å²) in [6.45, 7) is 4.56. The number of nitrogens with one attached hydrogen (secondary N) is 1. The van der Waals surface area contributed by atoms with E-state index in [1.54, 1.807) is 29.7 Å². The number of nitrogens with two attached hydrogens (primary N) is 1. The summed E-state index contributed by atoms with van der Waals surface area (Å²) in [5.41, 5.74) is 10.5. The third kappa shape index (κ3) is 3.94. The summed E-state index contributed by atoms with van der Waals surface area (Å²) in [6.07, 6.45) is 6.92. The van der Waals surface area contributed by atoms with Crippen LogP contribution in [0.5, 0.6) is 0 Å². The van der Waals surface area contributed by atoms with Gasteiger partial charge in [0, 0.05) is 49.1 Å². The molecule has 1 amide bonds. The second-order valence-corrected chi connectivity index (χ2v) is 6.24. The summed E-state index contributed by atoms with van der Waals surface area (Å²) in [6, 6.07) is 6.81. The van der Waals surface area contributed by atoms with E-state index in [0.717, 1.165) is 28.1 Å². The molecule has 1 atom stereocenters. The lowest BCUT2D eigenvalue weighted by molar-refractivity contribution is -0.134. The van der Waals surface area contributed by atoms with Gasteiger partial charge in [-0.1, -0.05) is 12.1 Å². The molecule has 3 rings (SSSR count). The first kappa shape index (κ1) is 17.8. The number of aromatic nitrogens is 4. The molecule has 134 valence electrons. The van der Waals surface area contributed by atoms with Crippen LogP contribution in [0.25, 0.3) is 0 Å². The zero-order valence-electron chi connectivity index (χ0n) is 14.9. The van der Waals surface area contributed by atoms with Crippen LogP contribution in [0.15, 0.2) is 49.1 Å². The number of amides is 1. The van der Waals surface area contributed by atoms with Crippen LogP contribution in [0.2, 0.25) is 0 Å². The third-order valence-corrected chi connectivity index (χ3v) is 4.27. The van der Waals surface area contributed by atoms with Gasteiger partial charge in [0.15, 0.2) is 0 Å². The van der Waals surface area contributed by atoms with Gasteiger partial charge in [-0.25, -0.2) is 0 Å². The molecule has 0 aliphatic rings. The molecule has 0 aliphatic heterocycles. The highest BCUT2D eigenvalue weighted by Crippen LogP contribution is 2.21. The Morgan fingerprint density at radius 3 is 2.12 bits per heavy atom. The van der Waals surface area contributed by atoms with Crippen LogP contribution in [0, 0.1) is 13.8 Å². The quantitative estimate of drug-likeness (QED) is 0.708. The minimum Gasteiger partial charge on any atom is -0.332 e. The van der Waals surface area contributed by atoms with E-state index in [1.165, 1.54) is 0 Å². The van der Waals surface area contributed by atoms with Crippen molar-refractivity contribution in [3.8, 4) is 0 Å². The Morgan fingerprint density at radius 1 is 1.12 bits per heavy atom. The Bertz CT molecular complexity index is 801. The van der Waals surface area contributed by atoms with Crippen molar-refractivity contribution in [1.82, 2.24) is 25.1 Å². The fraction of sp³-hybridized carbons (Fsp3) is 0.263. The molecule has 7 nitrogen and oxygen atoms in total. The van der Waals surface area contributed by atoms with Crippen molar-refractivity contribution >= 4 is 5.91 Å². The molecule has 7 heteroatoms. The van der Waals surface area contributed by atoms with Gasteiger partial charge in [-0.15, -0.1) is 0 Å². The third-order valence-electron chi connectivity index (χ3n) is 4.27. The molecule has 0 aromatic carbocycles. The molecule has 0 spiro atoms. The summed E-state index contributed by atoms with van der Waals surface area (Å²) in [5, 5.41) is 7.04. The topological polar surface area (TPSA) is 101 Å². The summed E-state index contributed by atoms with van der Waals surface area (Å²) in [7, 11) is 0. The molecule has 3 N–H and O–H groups in total. The van der Waals surface area contributed by atoms with E-state index in [9.17, 15) is 4.79 Å². The van der Waals surface area contributed by atoms with Gasteiger partial charge in [-0.3, -0.25) is 19.9 Å². The number of H-pyrrole nitrogens is 1. The Hall–Kier alpha value is -3.06. The maximum absolute atomic E-state index is 13.2. The lowest BCUT2D eigenvalue weighted by atomic mass is 10.0. The van der Waals surface area contributed by atoms with Crippen LogP contribution < -0.4 is 5.73 Å². The maximum atomic E-state index is 13.2. The molecule has 3 heterocycles. The van der Waals surface area contributed by atoms with Crippen LogP contribution in [-0.4, -0.2) is 31.0 Å².